The Balaban J connectivity index is 2.63. The number of rotatable bonds is 0. The van der Waals surface area contributed by atoms with Crippen molar-refractivity contribution in [2.75, 3.05) is 0 Å². The fourth-order valence-electron chi connectivity index (χ4n) is 1.48. The van der Waals surface area contributed by atoms with E-state index in [0.29, 0.717) is 0 Å². The van der Waals surface area contributed by atoms with Crippen LogP contribution >= 0.6 is 11.7 Å². The van der Waals surface area contributed by atoms with Crippen molar-refractivity contribution in [1.29, 1.82) is 0 Å². The lowest BCUT2D eigenvalue weighted by molar-refractivity contribution is 1.31. The van der Waals surface area contributed by atoms with Gasteiger partial charge in [-0.05, 0) is 18.2 Å². The van der Waals surface area contributed by atoms with E-state index >= 15 is 0 Å². The molecule has 3 rings (SSSR count). The zero-order valence-corrected chi connectivity index (χ0v) is 7.84. The topological polar surface area (TPSA) is 58.6 Å². The summed E-state index contributed by atoms with van der Waals surface area (Å²) in [5, 5.41) is 0.941. The molecule has 1 aromatic carbocycles. The Morgan fingerprint density at radius 3 is 3.00 bits per heavy atom. The van der Waals surface area contributed by atoms with Gasteiger partial charge in [-0.2, -0.15) is 8.75 Å². The Kier molecular flexibility index (Phi) is 1.43. The first-order chi connectivity index (χ1) is 6.84. The van der Waals surface area contributed by atoms with Crippen LogP contribution < -0.4 is 5.56 Å². The molecule has 3 aromatic rings. The molecule has 0 aliphatic heterocycles. The van der Waals surface area contributed by atoms with Crippen molar-refractivity contribution in [2.24, 2.45) is 0 Å². The monoisotopic (exact) mass is 203 g/mol. The summed E-state index contributed by atoms with van der Waals surface area (Å²) in [6.07, 6.45) is 0. The molecule has 0 amide bonds. The Morgan fingerprint density at radius 2 is 2.07 bits per heavy atom. The molecule has 0 saturated carbocycles. The fraction of sp³-hybridized carbons (Fsp3) is 0. The molecule has 0 saturated heterocycles. The van der Waals surface area contributed by atoms with Gasteiger partial charge in [0.1, 0.15) is 11.0 Å². The number of pyridine rings is 1. The van der Waals surface area contributed by atoms with E-state index in [1.54, 1.807) is 6.07 Å². The molecule has 0 bridgehead atoms. The van der Waals surface area contributed by atoms with E-state index in [9.17, 15) is 4.79 Å². The number of nitrogens with zero attached hydrogens (tertiary/aromatic N) is 2. The van der Waals surface area contributed by atoms with Gasteiger partial charge in [-0.25, -0.2) is 0 Å². The van der Waals surface area contributed by atoms with E-state index in [1.807, 2.05) is 12.1 Å². The van der Waals surface area contributed by atoms with Crippen LogP contribution in [0.4, 0.5) is 0 Å². The summed E-state index contributed by atoms with van der Waals surface area (Å²) in [6, 6.07) is 6.98. The van der Waals surface area contributed by atoms with Crippen LogP contribution in [-0.4, -0.2) is 13.7 Å². The zero-order chi connectivity index (χ0) is 9.54. The number of hydrogen-bond acceptors (Lipinski definition) is 4. The lowest BCUT2D eigenvalue weighted by Crippen LogP contribution is -2.02. The van der Waals surface area contributed by atoms with Gasteiger partial charge >= 0.3 is 0 Å². The number of aromatic nitrogens is 3. The first kappa shape index (κ1) is 7.64. The van der Waals surface area contributed by atoms with Crippen molar-refractivity contribution in [2.45, 2.75) is 0 Å². The Bertz CT molecular complexity index is 670. The van der Waals surface area contributed by atoms with Gasteiger partial charge < -0.3 is 4.98 Å². The molecule has 68 valence electrons. The molecule has 0 fully saturated rings. The van der Waals surface area contributed by atoms with Crippen molar-refractivity contribution in [1.82, 2.24) is 13.7 Å². The number of H-pyrrole nitrogens is 1. The van der Waals surface area contributed by atoms with Crippen molar-refractivity contribution < 1.29 is 0 Å². The van der Waals surface area contributed by atoms with Crippen LogP contribution in [0.1, 0.15) is 0 Å². The first-order valence-electron chi connectivity index (χ1n) is 4.09. The van der Waals surface area contributed by atoms with Crippen LogP contribution in [-0.2, 0) is 0 Å². The molecule has 4 nitrogen and oxygen atoms in total. The Labute approximate surface area is 82.5 Å². The molecule has 0 spiro atoms. The fourth-order valence-corrected chi connectivity index (χ4v) is 2.03. The van der Waals surface area contributed by atoms with Crippen molar-refractivity contribution >= 4 is 33.7 Å². The molecule has 0 atom stereocenters. The number of aromatic amines is 1. The molecule has 0 unspecified atom stereocenters. The third kappa shape index (κ3) is 0.958. The number of hydrogen-bond donors (Lipinski definition) is 1. The van der Waals surface area contributed by atoms with E-state index in [1.165, 1.54) is 17.8 Å². The summed E-state index contributed by atoms with van der Waals surface area (Å²) in [5.41, 5.74) is 2.43. The van der Waals surface area contributed by atoms with Crippen LogP contribution in [0.2, 0.25) is 0 Å². The highest BCUT2D eigenvalue weighted by Gasteiger charge is 2.03. The molecule has 0 radical (unpaired) electrons. The van der Waals surface area contributed by atoms with Crippen molar-refractivity contribution in [3.8, 4) is 0 Å². The summed E-state index contributed by atoms with van der Waals surface area (Å²) in [7, 11) is 0. The predicted molar refractivity (Wildman–Crippen MR) is 55.5 cm³/mol. The maximum atomic E-state index is 11.1. The second-order valence-electron chi connectivity index (χ2n) is 2.98. The average molecular weight is 203 g/mol. The largest absolute Gasteiger partial charge is 0.322 e. The van der Waals surface area contributed by atoms with Crippen LogP contribution in [0.25, 0.3) is 21.9 Å². The molecular formula is C9H5N3OS. The normalized spacial score (nSPS) is 11.1. The van der Waals surface area contributed by atoms with Gasteiger partial charge in [0.05, 0.1) is 17.2 Å². The number of benzene rings is 1. The van der Waals surface area contributed by atoms with Crippen molar-refractivity contribution in [3.05, 3.63) is 34.6 Å². The first-order valence-corrected chi connectivity index (χ1v) is 4.82. The van der Waals surface area contributed by atoms with E-state index in [4.69, 9.17) is 0 Å². The zero-order valence-electron chi connectivity index (χ0n) is 7.02. The third-order valence-corrected chi connectivity index (χ3v) is 2.67. The van der Waals surface area contributed by atoms with E-state index in [0.717, 1.165) is 21.9 Å². The quantitative estimate of drug-likeness (QED) is 0.602. The maximum absolute atomic E-state index is 11.1. The number of fused-ring (bicyclic) bond motifs is 3. The van der Waals surface area contributed by atoms with E-state index < -0.39 is 0 Å². The SMILES string of the molecule is O=c1ccc2c(ccc3nsnc32)[nH]1. The smallest absolute Gasteiger partial charge is 0.248 e. The number of nitrogens with one attached hydrogen (secondary N) is 1. The highest BCUT2D eigenvalue weighted by Crippen LogP contribution is 2.20. The van der Waals surface area contributed by atoms with Crippen molar-refractivity contribution in [3.63, 3.8) is 0 Å². The molecule has 2 heterocycles. The second-order valence-corrected chi connectivity index (χ2v) is 3.51. The maximum Gasteiger partial charge on any atom is 0.248 e. The lowest BCUT2D eigenvalue weighted by Gasteiger charge is -1.95. The highest BCUT2D eigenvalue weighted by atomic mass is 32.1. The van der Waals surface area contributed by atoms with Crippen LogP contribution in [0.5, 0.6) is 0 Å². The lowest BCUT2D eigenvalue weighted by atomic mass is 10.2. The summed E-state index contributed by atoms with van der Waals surface area (Å²) in [6.45, 7) is 0. The Hall–Kier alpha value is -1.75. The van der Waals surface area contributed by atoms with Crippen LogP contribution in [0.3, 0.4) is 0 Å². The van der Waals surface area contributed by atoms with Gasteiger partial charge in [-0.15, -0.1) is 0 Å². The minimum Gasteiger partial charge on any atom is -0.322 e. The van der Waals surface area contributed by atoms with E-state index in [-0.39, 0.29) is 5.56 Å². The van der Waals surface area contributed by atoms with Gasteiger partial charge in [-0.3, -0.25) is 4.79 Å². The average Bonchev–Trinajstić information content (AvgIpc) is 2.65. The highest BCUT2D eigenvalue weighted by molar-refractivity contribution is 7.00. The second kappa shape index (κ2) is 2.62. The van der Waals surface area contributed by atoms with Gasteiger partial charge in [0, 0.05) is 11.5 Å². The third-order valence-electron chi connectivity index (χ3n) is 2.13. The standard InChI is InChI=1S/C9H5N3OS/c13-8-4-1-5-6(10-8)2-3-7-9(5)12-14-11-7/h1-4H,(H,10,13). The summed E-state index contributed by atoms with van der Waals surface area (Å²) in [4.78, 5) is 13.8. The van der Waals surface area contributed by atoms with Crippen LogP contribution in [0, 0.1) is 0 Å². The molecule has 14 heavy (non-hydrogen) atoms. The molecule has 2 aromatic heterocycles. The summed E-state index contributed by atoms with van der Waals surface area (Å²) < 4.78 is 8.31. The predicted octanol–water partition coefficient (Wildman–Crippen LogP) is 1.53. The summed E-state index contributed by atoms with van der Waals surface area (Å²) >= 11 is 1.18. The minimum absolute atomic E-state index is 0.0972. The van der Waals surface area contributed by atoms with Gasteiger partial charge in [-0.1, -0.05) is 0 Å². The van der Waals surface area contributed by atoms with Gasteiger partial charge in [0.25, 0.3) is 0 Å². The molecule has 0 aliphatic carbocycles. The van der Waals surface area contributed by atoms with Crippen LogP contribution in [0.15, 0.2) is 29.1 Å². The molecular weight excluding hydrogens is 198 g/mol. The Morgan fingerprint density at radius 1 is 1.14 bits per heavy atom. The van der Waals surface area contributed by atoms with E-state index in [2.05, 4.69) is 13.7 Å². The van der Waals surface area contributed by atoms with Gasteiger partial charge in [0.2, 0.25) is 5.56 Å². The molecule has 1 N–H and O–H groups in total. The molecule has 0 aliphatic rings. The minimum atomic E-state index is -0.0972. The van der Waals surface area contributed by atoms with Gasteiger partial charge in [0.15, 0.2) is 0 Å². The summed E-state index contributed by atoms with van der Waals surface area (Å²) in [5.74, 6) is 0. The molecule has 5 heteroatoms.